The van der Waals surface area contributed by atoms with Crippen LogP contribution in [0.2, 0.25) is 0 Å². The minimum absolute atomic E-state index is 0.0812. The topological polar surface area (TPSA) is 66.4 Å². The van der Waals surface area contributed by atoms with Gasteiger partial charge in [-0.15, -0.1) is 6.42 Å². The van der Waals surface area contributed by atoms with Crippen LogP contribution in [0.3, 0.4) is 0 Å². The molecule has 0 aliphatic carbocycles. The van der Waals surface area contributed by atoms with E-state index in [9.17, 15) is 18.6 Å². The zero-order chi connectivity index (χ0) is 14.9. The second kappa shape index (κ2) is 5.15. The molecular formula is C13H6FO4P. The average Bonchev–Trinajstić information content (AvgIpc) is 2.38. The Morgan fingerprint density at radius 2 is 2.26 bits per heavy atom. The lowest BCUT2D eigenvalue weighted by atomic mass is 10.0. The molecule has 0 radical (unpaired) electrons. The molecule has 0 aliphatic rings. The first-order chi connectivity index (χ1) is 9.43. The molecule has 1 atom stereocenters. The van der Waals surface area contributed by atoms with Gasteiger partial charge in [0.15, 0.2) is 0 Å². The number of halogens is 1. The van der Waals surface area contributed by atoms with Gasteiger partial charge in [-0.3, -0.25) is 0 Å². The monoisotopic (exact) mass is 277 g/mol. The second-order valence-electron chi connectivity index (χ2n) is 3.52. The molecule has 0 aliphatic heterocycles. The maximum Gasteiger partial charge on any atom is 0.542 e. The molecule has 0 heterocycles. The SMILES string of the molecule is [2H]c1cc(C(=O)O[P+](=O)[O-])cc2ccc(F)c(C#C)c12. The van der Waals surface area contributed by atoms with E-state index in [0.717, 1.165) is 12.1 Å². The summed E-state index contributed by atoms with van der Waals surface area (Å²) in [6.45, 7) is 0. The van der Waals surface area contributed by atoms with E-state index in [4.69, 9.17) is 7.79 Å². The number of fused-ring (bicyclic) bond motifs is 1. The first-order valence-corrected chi connectivity index (χ1v) is 6.09. The molecule has 0 aromatic heterocycles. The van der Waals surface area contributed by atoms with Crippen molar-refractivity contribution in [2.24, 2.45) is 0 Å². The smallest absolute Gasteiger partial charge is 0.542 e. The maximum atomic E-state index is 13.5. The van der Waals surface area contributed by atoms with Crippen LogP contribution >= 0.6 is 8.25 Å². The molecule has 94 valence electrons. The summed E-state index contributed by atoms with van der Waals surface area (Å²) in [6.07, 6.45) is 5.20. The van der Waals surface area contributed by atoms with Crippen LogP contribution in [0.15, 0.2) is 30.3 Å². The molecule has 0 saturated carbocycles. The van der Waals surface area contributed by atoms with Crippen LogP contribution in [0.25, 0.3) is 10.8 Å². The van der Waals surface area contributed by atoms with E-state index in [1.54, 1.807) is 0 Å². The van der Waals surface area contributed by atoms with Crippen molar-refractivity contribution < 1.29 is 24.5 Å². The van der Waals surface area contributed by atoms with Gasteiger partial charge in [0, 0.05) is 5.39 Å². The van der Waals surface area contributed by atoms with Gasteiger partial charge in [0.2, 0.25) is 0 Å². The quantitative estimate of drug-likeness (QED) is 0.623. The van der Waals surface area contributed by atoms with Crippen LogP contribution in [0.5, 0.6) is 0 Å². The van der Waals surface area contributed by atoms with Crippen LogP contribution in [0.1, 0.15) is 17.3 Å². The van der Waals surface area contributed by atoms with Gasteiger partial charge in [0.1, 0.15) is 5.82 Å². The molecule has 4 nitrogen and oxygen atoms in total. The summed E-state index contributed by atoms with van der Waals surface area (Å²) in [5, 5.41) is 0.524. The summed E-state index contributed by atoms with van der Waals surface area (Å²) in [5.41, 5.74) is -0.210. The van der Waals surface area contributed by atoms with Crippen LogP contribution in [-0.2, 0) is 9.09 Å². The van der Waals surface area contributed by atoms with Gasteiger partial charge in [-0.2, -0.15) is 0 Å². The lowest BCUT2D eigenvalue weighted by Gasteiger charge is -2.04. The first-order valence-electron chi connectivity index (χ1n) is 5.50. The number of hydrogen-bond acceptors (Lipinski definition) is 4. The molecule has 6 heteroatoms. The predicted molar refractivity (Wildman–Crippen MR) is 64.9 cm³/mol. The zero-order valence-corrected chi connectivity index (χ0v) is 10.2. The fraction of sp³-hybridized carbons (Fsp3) is 0. The number of terminal acetylenes is 1. The highest BCUT2D eigenvalue weighted by Crippen LogP contribution is 2.24. The largest absolute Gasteiger partial charge is 0.558 e. The number of carbonyl (C=O) groups is 1. The van der Waals surface area contributed by atoms with Crippen molar-refractivity contribution in [2.45, 2.75) is 0 Å². The normalized spacial score (nSPS) is 11.6. The number of rotatable bonds is 2. The molecule has 2 rings (SSSR count). The van der Waals surface area contributed by atoms with Gasteiger partial charge < -0.3 is 4.89 Å². The van der Waals surface area contributed by atoms with Crippen LogP contribution < -0.4 is 4.89 Å². The minimum Gasteiger partial charge on any atom is -0.558 e. The average molecular weight is 277 g/mol. The number of hydrogen-bond donors (Lipinski definition) is 0. The van der Waals surface area contributed by atoms with Crippen molar-refractivity contribution in [1.29, 1.82) is 0 Å². The van der Waals surface area contributed by atoms with Crippen LogP contribution in [-0.4, -0.2) is 5.97 Å². The van der Waals surface area contributed by atoms with Crippen molar-refractivity contribution in [3.05, 3.63) is 47.3 Å². The molecule has 0 N–H and O–H groups in total. The molecule has 0 spiro atoms. The van der Waals surface area contributed by atoms with Crippen molar-refractivity contribution in [3.8, 4) is 12.3 Å². The highest BCUT2D eigenvalue weighted by molar-refractivity contribution is 7.31. The third-order valence-corrected chi connectivity index (χ3v) is 2.72. The van der Waals surface area contributed by atoms with Gasteiger partial charge in [0.05, 0.1) is 12.5 Å². The Hall–Kier alpha value is -2.28. The van der Waals surface area contributed by atoms with Crippen LogP contribution in [0, 0.1) is 18.2 Å². The second-order valence-corrected chi connectivity index (χ2v) is 4.15. The van der Waals surface area contributed by atoms with Gasteiger partial charge in [-0.05, 0) is 28.2 Å². The Morgan fingerprint density at radius 1 is 1.53 bits per heavy atom. The van der Waals surface area contributed by atoms with Gasteiger partial charge in [0.25, 0.3) is 0 Å². The Kier molecular flexibility index (Phi) is 3.20. The fourth-order valence-corrected chi connectivity index (χ4v) is 1.85. The number of benzene rings is 2. The predicted octanol–water partition coefficient (Wildman–Crippen LogP) is 2.13. The van der Waals surface area contributed by atoms with Crippen molar-refractivity contribution in [1.82, 2.24) is 0 Å². The summed E-state index contributed by atoms with van der Waals surface area (Å²) in [6, 6.07) is 4.62. The molecule has 1 unspecified atom stereocenters. The highest BCUT2D eigenvalue weighted by Gasteiger charge is 2.16. The first kappa shape index (κ1) is 11.8. The van der Waals surface area contributed by atoms with Crippen molar-refractivity contribution >= 4 is 25.0 Å². The lowest BCUT2D eigenvalue weighted by Crippen LogP contribution is -2.03. The maximum absolute atomic E-state index is 13.5. The molecular weight excluding hydrogens is 270 g/mol. The van der Waals surface area contributed by atoms with E-state index in [-0.39, 0.29) is 22.6 Å². The molecule has 0 bridgehead atoms. The van der Waals surface area contributed by atoms with Gasteiger partial charge >= 0.3 is 14.2 Å². The minimum atomic E-state index is -3.33. The Labute approximate surface area is 110 Å². The fourth-order valence-electron chi connectivity index (χ4n) is 1.61. The highest BCUT2D eigenvalue weighted by atomic mass is 31.1. The van der Waals surface area contributed by atoms with Gasteiger partial charge in [-0.1, -0.05) is 18.0 Å². The Morgan fingerprint density at radius 3 is 2.89 bits per heavy atom. The number of carbonyl (C=O) groups excluding carboxylic acids is 1. The third kappa shape index (κ3) is 2.60. The molecule has 2 aromatic rings. The zero-order valence-electron chi connectivity index (χ0n) is 10.3. The summed E-state index contributed by atoms with van der Waals surface area (Å²) in [5.74, 6) is 0.397. The molecule has 2 aromatic carbocycles. The van der Waals surface area contributed by atoms with Crippen LogP contribution in [0.4, 0.5) is 4.39 Å². The standard InChI is InChI=1S/C13H6FO4P/c1-2-10-11-5-3-9(13(15)18-19(16)17)7-8(11)4-6-12(10)14/h1,3-7H/i5D. The third-order valence-electron chi connectivity index (χ3n) is 2.41. The van der Waals surface area contributed by atoms with E-state index in [1.165, 1.54) is 12.1 Å². The molecule has 19 heavy (non-hydrogen) atoms. The summed E-state index contributed by atoms with van der Waals surface area (Å²) < 4.78 is 35.7. The lowest BCUT2D eigenvalue weighted by molar-refractivity contribution is -0.181. The molecule has 0 saturated heterocycles. The Bertz CT molecular complexity index is 782. The summed E-state index contributed by atoms with van der Waals surface area (Å²) in [4.78, 5) is 21.8. The van der Waals surface area contributed by atoms with Crippen molar-refractivity contribution in [3.63, 3.8) is 0 Å². The van der Waals surface area contributed by atoms with E-state index < -0.39 is 20.0 Å². The summed E-state index contributed by atoms with van der Waals surface area (Å²) in [7, 11) is -3.33. The Balaban J connectivity index is 2.66. The van der Waals surface area contributed by atoms with E-state index >= 15 is 0 Å². The molecule has 0 fully saturated rings. The summed E-state index contributed by atoms with van der Waals surface area (Å²) >= 11 is 0. The molecule has 0 amide bonds. The van der Waals surface area contributed by atoms with Gasteiger partial charge in [-0.25, -0.2) is 13.7 Å². The van der Waals surface area contributed by atoms with Crippen molar-refractivity contribution in [2.75, 3.05) is 0 Å². The van der Waals surface area contributed by atoms with E-state index in [0.29, 0.717) is 5.39 Å². The van der Waals surface area contributed by atoms with E-state index in [2.05, 4.69) is 10.4 Å². The van der Waals surface area contributed by atoms with E-state index in [1.807, 2.05) is 0 Å².